The Hall–Kier alpha value is -1.84. The van der Waals surface area contributed by atoms with Crippen LogP contribution in [-0.4, -0.2) is 47.5 Å². The second-order valence-electron chi connectivity index (χ2n) is 5.40. The predicted molar refractivity (Wildman–Crippen MR) is 104 cm³/mol. The smallest absolute Gasteiger partial charge is 0.365 e. The molecule has 0 saturated carbocycles. The molecule has 0 fully saturated rings. The topological polar surface area (TPSA) is 71.4 Å². The zero-order valence-corrected chi connectivity index (χ0v) is 16.9. The number of ether oxygens (including phenoxy) is 2. The van der Waals surface area contributed by atoms with Crippen molar-refractivity contribution in [3.8, 4) is 0 Å². The number of hydrazone groups is 1. The molecule has 2 aliphatic rings. The highest BCUT2D eigenvalue weighted by Crippen LogP contribution is 2.58. The van der Waals surface area contributed by atoms with Gasteiger partial charge >= 0.3 is 11.9 Å². The summed E-state index contributed by atoms with van der Waals surface area (Å²) in [4.78, 5) is 26.6. The normalized spacial score (nSPS) is 22.1. The van der Waals surface area contributed by atoms with Crippen molar-refractivity contribution in [3.63, 3.8) is 0 Å². The van der Waals surface area contributed by atoms with Gasteiger partial charge < -0.3 is 14.4 Å². The Morgan fingerprint density at radius 1 is 1.12 bits per heavy atom. The third-order valence-electron chi connectivity index (χ3n) is 3.98. The van der Waals surface area contributed by atoms with Crippen LogP contribution in [0.25, 0.3) is 0 Å². The summed E-state index contributed by atoms with van der Waals surface area (Å²) in [5.74, 6) is -0.969. The van der Waals surface area contributed by atoms with E-state index < -0.39 is 16.3 Å². The van der Waals surface area contributed by atoms with Crippen LogP contribution in [0.5, 0.6) is 0 Å². The molecule has 1 aromatic rings. The average Bonchev–Trinajstić information content (AvgIpc) is 3.15. The lowest BCUT2D eigenvalue weighted by molar-refractivity contribution is -0.135. The average molecular weight is 414 g/mol. The number of halogens is 1. The van der Waals surface area contributed by atoms with Crippen molar-refractivity contribution in [2.45, 2.75) is 11.3 Å². The van der Waals surface area contributed by atoms with Crippen LogP contribution in [0.3, 0.4) is 0 Å². The van der Waals surface area contributed by atoms with E-state index >= 15 is 0 Å². The SMILES string of the molecule is COC(=O)C1=NN(c2ccc(Cl)cc2)C2(S1)SC(C(=O)OC)=C(C)N2C. The molecule has 3 rings (SSSR count). The van der Waals surface area contributed by atoms with E-state index in [1.807, 2.05) is 18.9 Å². The number of hydrogen-bond donors (Lipinski definition) is 0. The van der Waals surface area contributed by atoms with Crippen molar-refractivity contribution in [2.24, 2.45) is 5.10 Å². The fourth-order valence-corrected chi connectivity index (χ4v) is 5.56. The molecule has 1 atom stereocenters. The Kier molecular flexibility index (Phi) is 5.14. The van der Waals surface area contributed by atoms with Gasteiger partial charge in [-0.25, -0.2) is 14.6 Å². The van der Waals surface area contributed by atoms with E-state index in [4.69, 9.17) is 21.1 Å². The lowest BCUT2D eigenvalue weighted by atomic mass is 10.3. The predicted octanol–water partition coefficient (Wildman–Crippen LogP) is 3.07. The third-order valence-corrected chi connectivity index (χ3v) is 7.27. The molecule has 0 aromatic heterocycles. The second kappa shape index (κ2) is 7.05. The Labute approximate surface area is 164 Å². The number of allylic oxidation sites excluding steroid dienone is 1. The van der Waals surface area contributed by atoms with Crippen molar-refractivity contribution < 1.29 is 19.1 Å². The highest BCUT2D eigenvalue weighted by Gasteiger charge is 2.56. The number of methoxy groups -OCH3 is 2. The summed E-state index contributed by atoms with van der Waals surface area (Å²) in [5, 5.41) is 6.92. The van der Waals surface area contributed by atoms with Gasteiger partial charge in [-0.05, 0) is 43.0 Å². The molecule has 0 aliphatic carbocycles. The summed E-state index contributed by atoms with van der Waals surface area (Å²) >= 11 is 8.47. The lowest BCUT2D eigenvalue weighted by Crippen LogP contribution is -2.47. The van der Waals surface area contributed by atoms with Crippen LogP contribution < -0.4 is 5.01 Å². The van der Waals surface area contributed by atoms with Crippen molar-refractivity contribution in [1.82, 2.24) is 4.90 Å². The van der Waals surface area contributed by atoms with E-state index in [1.54, 1.807) is 29.3 Å². The Morgan fingerprint density at radius 3 is 2.31 bits per heavy atom. The van der Waals surface area contributed by atoms with Gasteiger partial charge in [-0.3, -0.25) is 0 Å². The van der Waals surface area contributed by atoms with Crippen LogP contribution in [0.1, 0.15) is 6.92 Å². The van der Waals surface area contributed by atoms with Crippen molar-refractivity contribution in [1.29, 1.82) is 0 Å². The number of rotatable bonds is 3. The first-order chi connectivity index (χ1) is 12.3. The molecule has 26 heavy (non-hydrogen) atoms. The van der Waals surface area contributed by atoms with Crippen LogP contribution in [0.2, 0.25) is 5.02 Å². The van der Waals surface area contributed by atoms with E-state index in [2.05, 4.69) is 5.10 Å². The maximum Gasteiger partial charge on any atom is 0.365 e. The molecule has 0 bridgehead atoms. The zero-order chi connectivity index (χ0) is 19.1. The molecule has 0 N–H and O–H groups in total. The summed E-state index contributed by atoms with van der Waals surface area (Å²) in [6, 6.07) is 7.08. The maximum absolute atomic E-state index is 12.2. The first-order valence-corrected chi connectivity index (χ1v) is 9.49. The maximum atomic E-state index is 12.2. The summed E-state index contributed by atoms with van der Waals surface area (Å²) in [5.41, 5.74) is 1.45. The molecule has 0 saturated heterocycles. The van der Waals surface area contributed by atoms with Gasteiger partial charge in [-0.15, -0.1) is 0 Å². The number of carbonyl (C=O) groups is 2. The van der Waals surface area contributed by atoms with Gasteiger partial charge in [-0.1, -0.05) is 23.4 Å². The Bertz CT molecular complexity index is 827. The number of thioether (sulfide) groups is 2. The monoisotopic (exact) mass is 413 g/mol. The number of hydrogen-bond acceptors (Lipinski definition) is 9. The number of nitrogens with zero attached hydrogens (tertiary/aromatic N) is 3. The van der Waals surface area contributed by atoms with Crippen molar-refractivity contribution >= 4 is 57.8 Å². The minimum atomic E-state index is -0.884. The van der Waals surface area contributed by atoms with Gasteiger partial charge in [0.1, 0.15) is 4.91 Å². The zero-order valence-electron chi connectivity index (χ0n) is 14.5. The Morgan fingerprint density at radius 2 is 1.73 bits per heavy atom. The standard InChI is InChI=1S/C16H16ClN3O4S2/c1-9-12(14(21)23-3)25-16(19(9)2)20(11-7-5-10(17)6-8-11)18-13(26-16)15(22)24-4/h5-8H,1-4H3. The molecule has 2 aliphatic heterocycles. The molecule has 1 unspecified atom stereocenters. The summed E-state index contributed by atoms with van der Waals surface area (Å²) in [6.07, 6.45) is 0. The molecule has 1 spiro atoms. The van der Waals surface area contributed by atoms with Gasteiger partial charge in [0.25, 0.3) is 0 Å². The van der Waals surface area contributed by atoms with E-state index in [0.29, 0.717) is 9.93 Å². The van der Waals surface area contributed by atoms with Crippen LogP contribution in [-0.2, 0) is 19.1 Å². The van der Waals surface area contributed by atoms with Gasteiger partial charge in [0.05, 0.1) is 19.9 Å². The van der Waals surface area contributed by atoms with Crippen LogP contribution >= 0.6 is 35.1 Å². The van der Waals surface area contributed by atoms with Crippen LogP contribution in [0.4, 0.5) is 5.69 Å². The molecule has 138 valence electrons. The van der Waals surface area contributed by atoms with Gasteiger partial charge in [-0.2, -0.15) is 5.10 Å². The van der Waals surface area contributed by atoms with Gasteiger partial charge in [0.15, 0.2) is 0 Å². The summed E-state index contributed by atoms with van der Waals surface area (Å²) in [7, 11) is 4.48. The molecule has 0 amide bonds. The van der Waals surface area contributed by atoms with E-state index in [0.717, 1.165) is 11.4 Å². The number of anilines is 1. The largest absolute Gasteiger partial charge is 0.465 e. The first kappa shape index (κ1) is 18.9. The summed E-state index contributed by atoms with van der Waals surface area (Å²) in [6.45, 7) is 1.82. The Balaban J connectivity index is 2.06. The van der Waals surface area contributed by atoms with Gasteiger partial charge in [0, 0.05) is 17.8 Å². The molecular formula is C16H16ClN3O4S2. The number of esters is 2. The molecule has 0 radical (unpaired) electrons. The van der Waals surface area contributed by atoms with Crippen LogP contribution in [0, 0.1) is 0 Å². The van der Waals surface area contributed by atoms with Gasteiger partial charge in [0.2, 0.25) is 9.37 Å². The molecular weight excluding hydrogens is 398 g/mol. The summed E-state index contributed by atoms with van der Waals surface area (Å²) < 4.78 is 8.83. The molecule has 7 nitrogen and oxygen atoms in total. The van der Waals surface area contributed by atoms with Crippen molar-refractivity contribution in [3.05, 3.63) is 39.9 Å². The number of benzene rings is 1. The minimum Gasteiger partial charge on any atom is -0.465 e. The third kappa shape index (κ3) is 2.93. The molecule has 1 aromatic carbocycles. The fourth-order valence-electron chi connectivity index (χ4n) is 2.51. The molecule has 10 heteroatoms. The first-order valence-electron chi connectivity index (χ1n) is 7.48. The lowest BCUT2D eigenvalue weighted by Gasteiger charge is -2.39. The number of carbonyl (C=O) groups excluding carboxylic acids is 2. The van der Waals surface area contributed by atoms with Crippen molar-refractivity contribution in [2.75, 3.05) is 26.3 Å². The van der Waals surface area contributed by atoms with E-state index in [-0.39, 0.29) is 5.04 Å². The van der Waals surface area contributed by atoms with Crippen LogP contribution in [0.15, 0.2) is 40.0 Å². The van der Waals surface area contributed by atoms with E-state index in [9.17, 15) is 9.59 Å². The second-order valence-corrected chi connectivity index (χ2v) is 8.44. The quantitative estimate of drug-likeness (QED) is 0.700. The minimum absolute atomic E-state index is 0.195. The molecule has 2 heterocycles. The fraction of sp³-hybridized carbons (Fsp3) is 0.312. The highest BCUT2D eigenvalue weighted by molar-refractivity contribution is 8.28. The van der Waals surface area contributed by atoms with E-state index in [1.165, 1.54) is 37.7 Å². The highest BCUT2D eigenvalue weighted by atomic mass is 35.5.